The summed E-state index contributed by atoms with van der Waals surface area (Å²) in [7, 11) is 0. The van der Waals surface area contributed by atoms with Crippen molar-refractivity contribution >= 4 is 17.5 Å². The van der Waals surface area contributed by atoms with Crippen LogP contribution >= 0.6 is 11.6 Å². The van der Waals surface area contributed by atoms with Gasteiger partial charge in [0.15, 0.2) is 0 Å². The molecule has 19 heavy (non-hydrogen) atoms. The Morgan fingerprint density at radius 1 is 1.32 bits per heavy atom. The van der Waals surface area contributed by atoms with E-state index in [9.17, 15) is 4.79 Å². The van der Waals surface area contributed by atoms with Crippen LogP contribution in [0.3, 0.4) is 0 Å². The van der Waals surface area contributed by atoms with Gasteiger partial charge < -0.3 is 5.32 Å². The Balaban J connectivity index is 1.78. The number of aromatic nitrogens is 1. The van der Waals surface area contributed by atoms with E-state index in [1.807, 2.05) is 12.1 Å². The van der Waals surface area contributed by atoms with Gasteiger partial charge in [0.25, 0.3) is 5.91 Å². The molecule has 0 saturated heterocycles. The summed E-state index contributed by atoms with van der Waals surface area (Å²) in [5.41, 5.74) is 2.88. The Morgan fingerprint density at radius 2 is 2.16 bits per heavy atom. The van der Waals surface area contributed by atoms with Crippen molar-refractivity contribution in [2.24, 2.45) is 0 Å². The maximum absolute atomic E-state index is 12.1. The van der Waals surface area contributed by atoms with Crippen LogP contribution in [0.1, 0.15) is 34.1 Å². The Bertz CT molecular complexity index is 627. The van der Waals surface area contributed by atoms with Gasteiger partial charge in [0.2, 0.25) is 0 Å². The molecule has 1 heterocycles. The van der Waals surface area contributed by atoms with Gasteiger partial charge in [0, 0.05) is 11.2 Å². The van der Waals surface area contributed by atoms with E-state index in [0.717, 1.165) is 12.8 Å². The van der Waals surface area contributed by atoms with E-state index in [0.29, 0.717) is 10.7 Å². The van der Waals surface area contributed by atoms with E-state index in [2.05, 4.69) is 22.4 Å². The molecule has 1 unspecified atom stereocenters. The molecule has 0 aliphatic heterocycles. The molecule has 0 bridgehead atoms. The van der Waals surface area contributed by atoms with Crippen molar-refractivity contribution in [2.75, 3.05) is 0 Å². The maximum atomic E-state index is 12.1. The number of rotatable bonds is 2. The monoisotopic (exact) mass is 272 g/mol. The summed E-state index contributed by atoms with van der Waals surface area (Å²) in [5, 5.41) is 3.54. The molecule has 1 amide bonds. The second kappa shape index (κ2) is 5.02. The predicted octanol–water partition coefficient (Wildman–Crippen LogP) is 3.15. The molecule has 96 valence electrons. The third-order valence-corrected chi connectivity index (χ3v) is 3.63. The largest absolute Gasteiger partial charge is 0.344 e. The number of fused-ring (bicyclic) bond motifs is 1. The number of nitrogens with zero attached hydrogens (tertiary/aromatic N) is 1. The highest BCUT2D eigenvalue weighted by Crippen LogP contribution is 2.30. The first-order valence-electron chi connectivity index (χ1n) is 6.24. The quantitative estimate of drug-likeness (QED) is 0.912. The zero-order valence-electron chi connectivity index (χ0n) is 10.3. The topological polar surface area (TPSA) is 42.0 Å². The molecular weight excluding hydrogens is 260 g/mol. The minimum atomic E-state index is -0.177. The third kappa shape index (κ3) is 2.47. The number of nitrogens with one attached hydrogen (secondary N) is 1. The molecule has 1 aromatic carbocycles. The molecule has 3 rings (SSSR count). The lowest BCUT2D eigenvalue weighted by atomic mass is 10.1. The summed E-state index contributed by atoms with van der Waals surface area (Å²) in [6, 6.07) is 11.5. The van der Waals surface area contributed by atoms with Crippen LogP contribution in [-0.2, 0) is 6.42 Å². The number of pyridine rings is 1. The lowest BCUT2D eigenvalue weighted by Gasteiger charge is -2.13. The van der Waals surface area contributed by atoms with Gasteiger partial charge in [0.1, 0.15) is 5.69 Å². The van der Waals surface area contributed by atoms with Gasteiger partial charge in [-0.1, -0.05) is 35.9 Å². The molecular formula is C15H13ClN2O. The van der Waals surface area contributed by atoms with Crippen LogP contribution in [0.4, 0.5) is 0 Å². The normalized spacial score (nSPS) is 17.0. The number of benzene rings is 1. The van der Waals surface area contributed by atoms with Crippen LogP contribution in [-0.4, -0.2) is 10.9 Å². The van der Waals surface area contributed by atoms with Crippen LogP contribution < -0.4 is 5.32 Å². The highest BCUT2D eigenvalue weighted by atomic mass is 35.5. The molecule has 1 atom stereocenters. The van der Waals surface area contributed by atoms with Gasteiger partial charge in [0.05, 0.1) is 6.04 Å². The maximum Gasteiger partial charge on any atom is 0.270 e. The molecule has 0 radical (unpaired) electrons. The summed E-state index contributed by atoms with van der Waals surface area (Å²) < 4.78 is 0. The zero-order chi connectivity index (χ0) is 13.2. The standard InChI is InChI=1S/C15H13ClN2O/c16-11-7-8-17-14(9-11)15(19)18-13-6-5-10-3-1-2-4-12(10)13/h1-4,7-9,13H,5-6H2,(H,18,19). The van der Waals surface area contributed by atoms with Gasteiger partial charge in [-0.15, -0.1) is 0 Å². The minimum Gasteiger partial charge on any atom is -0.344 e. The zero-order valence-corrected chi connectivity index (χ0v) is 11.0. The highest BCUT2D eigenvalue weighted by Gasteiger charge is 2.24. The first kappa shape index (κ1) is 12.2. The van der Waals surface area contributed by atoms with Gasteiger partial charge in [-0.05, 0) is 36.1 Å². The number of carbonyl (C=O) groups is 1. The third-order valence-electron chi connectivity index (χ3n) is 3.39. The van der Waals surface area contributed by atoms with Crippen molar-refractivity contribution in [3.63, 3.8) is 0 Å². The fourth-order valence-electron chi connectivity index (χ4n) is 2.47. The molecule has 0 fully saturated rings. The summed E-state index contributed by atoms with van der Waals surface area (Å²) in [6.07, 6.45) is 3.48. The summed E-state index contributed by atoms with van der Waals surface area (Å²) in [6.45, 7) is 0. The molecule has 2 aromatic rings. The van der Waals surface area contributed by atoms with Crippen LogP contribution in [0.25, 0.3) is 0 Å². The predicted molar refractivity (Wildman–Crippen MR) is 74.2 cm³/mol. The van der Waals surface area contributed by atoms with Crippen molar-refractivity contribution in [1.29, 1.82) is 0 Å². The van der Waals surface area contributed by atoms with Crippen molar-refractivity contribution in [1.82, 2.24) is 10.3 Å². The van der Waals surface area contributed by atoms with Crippen molar-refractivity contribution in [2.45, 2.75) is 18.9 Å². The van der Waals surface area contributed by atoms with Crippen LogP contribution in [0, 0.1) is 0 Å². The second-order valence-electron chi connectivity index (χ2n) is 4.62. The SMILES string of the molecule is O=C(NC1CCc2ccccc21)c1cc(Cl)ccn1. The summed E-state index contributed by atoms with van der Waals surface area (Å²) >= 11 is 5.87. The molecule has 1 N–H and O–H groups in total. The van der Waals surface area contributed by atoms with Gasteiger partial charge in [-0.2, -0.15) is 0 Å². The number of aryl methyl sites for hydroxylation is 1. The van der Waals surface area contributed by atoms with E-state index in [-0.39, 0.29) is 11.9 Å². The molecule has 0 spiro atoms. The van der Waals surface area contributed by atoms with Crippen molar-refractivity contribution in [3.8, 4) is 0 Å². The molecule has 4 heteroatoms. The number of amides is 1. The number of hydrogen-bond acceptors (Lipinski definition) is 2. The van der Waals surface area contributed by atoms with Gasteiger partial charge in [-0.3, -0.25) is 9.78 Å². The van der Waals surface area contributed by atoms with Gasteiger partial charge >= 0.3 is 0 Å². The van der Waals surface area contributed by atoms with E-state index in [4.69, 9.17) is 11.6 Å². The molecule has 0 saturated carbocycles. The van der Waals surface area contributed by atoms with E-state index in [1.165, 1.54) is 11.1 Å². The van der Waals surface area contributed by atoms with E-state index < -0.39 is 0 Å². The average molecular weight is 273 g/mol. The lowest BCUT2D eigenvalue weighted by molar-refractivity contribution is 0.0931. The molecule has 1 aliphatic carbocycles. The summed E-state index contributed by atoms with van der Waals surface area (Å²) in [4.78, 5) is 16.2. The Kier molecular flexibility index (Phi) is 3.22. The van der Waals surface area contributed by atoms with Crippen molar-refractivity contribution in [3.05, 3.63) is 64.4 Å². The molecule has 3 nitrogen and oxygen atoms in total. The highest BCUT2D eigenvalue weighted by molar-refractivity contribution is 6.30. The fourth-order valence-corrected chi connectivity index (χ4v) is 2.63. The fraction of sp³-hybridized carbons (Fsp3) is 0.200. The Morgan fingerprint density at radius 3 is 3.00 bits per heavy atom. The van der Waals surface area contributed by atoms with Crippen LogP contribution in [0.15, 0.2) is 42.6 Å². The molecule has 1 aromatic heterocycles. The summed E-state index contributed by atoms with van der Waals surface area (Å²) in [5.74, 6) is -0.177. The van der Waals surface area contributed by atoms with Gasteiger partial charge in [-0.25, -0.2) is 0 Å². The lowest BCUT2D eigenvalue weighted by Crippen LogP contribution is -2.27. The second-order valence-corrected chi connectivity index (χ2v) is 5.06. The minimum absolute atomic E-state index is 0.0736. The number of carbonyl (C=O) groups excluding carboxylic acids is 1. The Labute approximate surface area is 116 Å². The van der Waals surface area contributed by atoms with Crippen LogP contribution in [0.2, 0.25) is 5.02 Å². The first-order valence-corrected chi connectivity index (χ1v) is 6.62. The molecule has 1 aliphatic rings. The Hall–Kier alpha value is -1.87. The smallest absolute Gasteiger partial charge is 0.270 e. The number of halogens is 1. The van der Waals surface area contributed by atoms with Crippen LogP contribution in [0.5, 0.6) is 0 Å². The van der Waals surface area contributed by atoms with E-state index >= 15 is 0 Å². The van der Waals surface area contributed by atoms with E-state index in [1.54, 1.807) is 18.3 Å². The average Bonchev–Trinajstić information content (AvgIpc) is 2.82. The van der Waals surface area contributed by atoms with Crippen molar-refractivity contribution < 1.29 is 4.79 Å². The first-order chi connectivity index (χ1) is 9.24. The number of hydrogen-bond donors (Lipinski definition) is 1.